The van der Waals surface area contributed by atoms with Crippen LogP contribution in [0.5, 0.6) is 11.5 Å². The third-order valence-electron chi connectivity index (χ3n) is 3.83. The second-order valence-corrected chi connectivity index (χ2v) is 5.28. The van der Waals surface area contributed by atoms with Gasteiger partial charge in [-0.25, -0.2) is 0 Å². The van der Waals surface area contributed by atoms with Gasteiger partial charge in [-0.3, -0.25) is 4.79 Å². The maximum absolute atomic E-state index is 11.4. The fraction of sp³-hybridized carbons (Fsp3) is 0.588. The van der Waals surface area contributed by atoms with Crippen molar-refractivity contribution in [2.24, 2.45) is 0 Å². The Hall–Kier alpha value is -1.71. The molecular weight excluding hydrogens is 268 g/mol. The average Bonchev–Trinajstić information content (AvgIpc) is 2.45. The van der Waals surface area contributed by atoms with Crippen molar-refractivity contribution in [1.29, 1.82) is 0 Å². The lowest BCUT2D eigenvalue weighted by atomic mass is 9.94. The first-order chi connectivity index (χ1) is 9.87. The summed E-state index contributed by atoms with van der Waals surface area (Å²) in [6, 6.07) is 0. The van der Waals surface area contributed by atoms with Gasteiger partial charge in [0.15, 0.2) is 0 Å². The first-order valence-electron chi connectivity index (χ1n) is 7.27. The summed E-state index contributed by atoms with van der Waals surface area (Å²) >= 11 is 0. The van der Waals surface area contributed by atoms with E-state index in [1.807, 2.05) is 27.7 Å². The lowest BCUT2D eigenvalue weighted by Gasteiger charge is -2.22. The molecule has 4 nitrogen and oxygen atoms in total. The highest BCUT2D eigenvalue weighted by Crippen LogP contribution is 2.38. The van der Waals surface area contributed by atoms with Crippen LogP contribution in [0.4, 0.5) is 0 Å². The van der Waals surface area contributed by atoms with Crippen molar-refractivity contribution in [2.75, 3.05) is 14.2 Å². The van der Waals surface area contributed by atoms with Gasteiger partial charge in [-0.1, -0.05) is 6.92 Å². The monoisotopic (exact) mass is 294 g/mol. The predicted octanol–water partition coefficient (Wildman–Crippen LogP) is 3.51. The lowest BCUT2D eigenvalue weighted by molar-refractivity contribution is -0.147. The van der Waals surface area contributed by atoms with E-state index >= 15 is 0 Å². The van der Waals surface area contributed by atoms with E-state index in [0.717, 1.165) is 33.8 Å². The average molecular weight is 294 g/mol. The Labute approximate surface area is 127 Å². The molecule has 118 valence electrons. The van der Waals surface area contributed by atoms with Gasteiger partial charge in [0, 0.05) is 18.4 Å². The van der Waals surface area contributed by atoms with Gasteiger partial charge in [0.2, 0.25) is 0 Å². The number of carbonyl (C=O) groups excluding carboxylic acids is 1. The Morgan fingerprint density at radius 2 is 1.52 bits per heavy atom. The maximum atomic E-state index is 11.4. The first kappa shape index (κ1) is 17.3. The zero-order chi connectivity index (χ0) is 16.2. The molecule has 4 heteroatoms. The number of methoxy groups -OCH3 is 2. The van der Waals surface area contributed by atoms with E-state index in [1.165, 1.54) is 0 Å². The molecule has 0 aromatic heterocycles. The van der Waals surface area contributed by atoms with Crippen molar-refractivity contribution in [2.45, 2.75) is 53.6 Å². The largest absolute Gasteiger partial charge is 0.496 e. The van der Waals surface area contributed by atoms with E-state index < -0.39 is 0 Å². The van der Waals surface area contributed by atoms with Crippen LogP contribution in [0.25, 0.3) is 0 Å². The fourth-order valence-corrected chi connectivity index (χ4v) is 2.62. The molecule has 0 N–H and O–H groups in total. The fourth-order valence-electron chi connectivity index (χ4n) is 2.62. The van der Waals surface area contributed by atoms with Crippen LogP contribution in [0.1, 0.15) is 42.5 Å². The molecule has 0 heterocycles. The van der Waals surface area contributed by atoms with E-state index in [-0.39, 0.29) is 12.1 Å². The number of rotatable bonds is 6. The van der Waals surface area contributed by atoms with Crippen molar-refractivity contribution in [3.8, 4) is 11.5 Å². The number of ether oxygens (including phenoxy) is 3. The summed E-state index contributed by atoms with van der Waals surface area (Å²) in [5.41, 5.74) is 4.21. The van der Waals surface area contributed by atoms with Gasteiger partial charge in [0.1, 0.15) is 17.6 Å². The van der Waals surface area contributed by atoms with Crippen LogP contribution in [0.15, 0.2) is 0 Å². The first-order valence-corrected chi connectivity index (χ1v) is 7.27. The highest BCUT2D eigenvalue weighted by atomic mass is 16.5. The molecule has 0 aliphatic rings. The Balaban J connectivity index is 3.21. The van der Waals surface area contributed by atoms with Gasteiger partial charge in [-0.15, -0.1) is 0 Å². The van der Waals surface area contributed by atoms with E-state index in [1.54, 1.807) is 21.1 Å². The molecule has 21 heavy (non-hydrogen) atoms. The van der Waals surface area contributed by atoms with Crippen LogP contribution in [0.3, 0.4) is 0 Å². The Morgan fingerprint density at radius 1 is 1.00 bits per heavy atom. The van der Waals surface area contributed by atoms with Crippen LogP contribution in [-0.2, 0) is 16.0 Å². The summed E-state index contributed by atoms with van der Waals surface area (Å²) in [4.78, 5) is 11.4. The van der Waals surface area contributed by atoms with Crippen molar-refractivity contribution in [3.63, 3.8) is 0 Å². The number of esters is 1. The molecule has 1 unspecified atom stereocenters. The van der Waals surface area contributed by atoms with Crippen molar-refractivity contribution in [1.82, 2.24) is 0 Å². The zero-order valence-electron chi connectivity index (χ0n) is 14.1. The molecule has 1 atom stereocenters. The quantitative estimate of drug-likeness (QED) is 0.753. The molecular formula is C17H26O4. The molecule has 1 rings (SSSR count). The molecule has 1 aromatic rings. The summed E-state index contributed by atoms with van der Waals surface area (Å²) in [5, 5.41) is 0. The Bertz CT molecular complexity index is 520. The molecule has 0 saturated carbocycles. The standard InChI is InChI=1S/C17H26O4/c1-8-15(18)21-10(2)9-14-13(5)16(19-6)11(3)12(4)17(14)20-7/h10H,8-9H2,1-7H3. The highest BCUT2D eigenvalue weighted by Gasteiger charge is 2.21. The molecule has 0 aliphatic heterocycles. The summed E-state index contributed by atoms with van der Waals surface area (Å²) < 4.78 is 16.5. The third kappa shape index (κ3) is 3.69. The zero-order valence-corrected chi connectivity index (χ0v) is 14.1. The van der Waals surface area contributed by atoms with E-state index in [4.69, 9.17) is 14.2 Å². The van der Waals surface area contributed by atoms with Crippen molar-refractivity contribution in [3.05, 3.63) is 22.3 Å². The van der Waals surface area contributed by atoms with Crippen molar-refractivity contribution >= 4 is 5.97 Å². The van der Waals surface area contributed by atoms with Gasteiger partial charge in [0.05, 0.1) is 14.2 Å². The summed E-state index contributed by atoms with van der Waals surface area (Å²) in [6.07, 6.45) is 0.798. The van der Waals surface area contributed by atoms with E-state index in [9.17, 15) is 4.79 Å². The highest BCUT2D eigenvalue weighted by molar-refractivity contribution is 5.69. The lowest BCUT2D eigenvalue weighted by Crippen LogP contribution is -2.18. The van der Waals surface area contributed by atoms with Crippen LogP contribution in [-0.4, -0.2) is 26.3 Å². The topological polar surface area (TPSA) is 44.8 Å². The van der Waals surface area contributed by atoms with Crippen LogP contribution < -0.4 is 9.47 Å². The van der Waals surface area contributed by atoms with E-state index in [0.29, 0.717) is 12.8 Å². The minimum absolute atomic E-state index is 0.185. The molecule has 0 fully saturated rings. The molecule has 0 amide bonds. The minimum atomic E-state index is -0.197. The van der Waals surface area contributed by atoms with Gasteiger partial charge in [-0.2, -0.15) is 0 Å². The van der Waals surface area contributed by atoms with Crippen molar-refractivity contribution < 1.29 is 19.0 Å². The van der Waals surface area contributed by atoms with Crippen LogP contribution >= 0.6 is 0 Å². The molecule has 0 radical (unpaired) electrons. The van der Waals surface area contributed by atoms with Gasteiger partial charge < -0.3 is 14.2 Å². The number of hydrogen-bond donors (Lipinski definition) is 0. The molecule has 1 aromatic carbocycles. The second-order valence-electron chi connectivity index (χ2n) is 5.28. The third-order valence-corrected chi connectivity index (χ3v) is 3.83. The Kier molecular flexibility index (Phi) is 6.06. The van der Waals surface area contributed by atoms with Gasteiger partial charge >= 0.3 is 5.97 Å². The summed E-state index contributed by atoms with van der Waals surface area (Å²) in [6.45, 7) is 9.74. The molecule has 0 saturated heterocycles. The van der Waals surface area contributed by atoms with Gasteiger partial charge in [0.25, 0.3) is 0 Å². The smallest absolute Gasteiger partial charge is 0.305 e. The summed E-state index contributed by atoms with van der Waals surface area (Å²) in [7, 11) is 3.34. The number of carbonyl (C=O) groups is 1. The molecule has 0 spiro atoms. The number of hydrogen-bond acceptors (Lipinski definition) is 4. The van der Waals surface area contributed by atoms with Crippen LogP contribution in [0, 0.1) is 20.8 Å². The van der Waals surface area contributed by atoms with Crippen LogP contribution in [0.2, 0.25) is 0 Å². The number of benzene rings is 1. The predicted molar refractivity (Wildman–Crippen MR) is 83.3 cm³/mol. The maximum Gasteiger partial charge on any atom is 0.305 e. The molecule has 0 bridgehead atoms. The van der Waals surface area contributed by atoms with Gasteiger partial charge in [-0.05, 0) is 44.4 Å². The normalized spacial score (nSPS) is 12.0. The SMILES string of the molecule is CCC(=O)OC(C)Cc1c(C)c(OC)c(C)c(C)c1OC. The minimum Gasteiger partial charge on any atom is -0.496 e. The van der Waals surface area contributed by atoms with E-state index in [2.05, 4.69) is 0 Å². The summed E-state index contributed by atoms with van der Waals surface area (Å²) in [5.74, 6) is 1.54. The second kappa shape index (κ2) is 7.34. The molecule has 0 aliphatic carbocycles. The Morgan fingerprint density at radius 3 is 2.00 bits per heavy atom.